The fourth-order valence-electron chi connectivity index (χ4n) is 1.14. The molecule has 88 valence electrons. The molecule has 2 heterocycles. The molecule has 0 bridgehead atoms. The molecular formula is C10H8BrN3O3. The summed E-state index contributed by atoms with van der Waals surface area (Å²) < 4.78 is 10.6. The topological polar surface area (TPSA) is 78.1 Å². The molecule has 2 aromatic rings. The summed E-state index contributed by atoms with van der Waals surface area (Å²) in [4.78, 5) is 15.4. The first-order valence-corrected chi connectivity index (χ1v) is 5.63. The molecule has 7 heteroatoms. The standard InChI is InChI=1S/C10H8BrN3O3/c1-2-16-10(15)9-14-13-8(17-9)7-6(11)4-3-5-12-7/h3-5H,2H2,1H3. The van der Waals surface area contributed by atoms with E-state index in [9.17, 15) is 4.79 Å². The molecule has 0 aliphatic heterocycles. The molecule has 0 saturated heterocycles. The van der Waals surface area contributed by atoms with Crippen molar-refractivity contribution in [2.75, 3.05) is 6.61 Å². The highest BCUT2D eigenvalue weighted by atomic mass is 79.9. The molecule has 17 heavy (non-hydrogen) atoms. The van der Waals surface area contributed by atoms with Crippen molar-refractivity contribution in [3.63, 3.8) is 0 Å². The first kappa shape index (κ1) is 11.7. The van der Waals surface area contributed by atoms with Gasteiger partial charge >= 0.3 is 11.9 Å². The van der Waals surface area contributed by atoms with Crippen molar-refractivity contribution in [1.29, 1.82) is 0 Å². The normalized spacial score (nSPS) is 10.2. The Bertz CT molecular complexity index is 541. The van der Waals surface area contributed by atoms with E-state index in [2.05, 4.69) is 31.1 Å². The van der Waals surface area contributed by atoms with Crippen molar-refractivity contribution in [2.45, 2.75) is 6.92 Å². The van der Waals surface area contributed by atoms with Crippen LogP contribution in [0.1, 0.15) is 17.6 Å². The molecule has 0 amide bonds. The monoisotopic (exact) mass is 297 g/mol. The molecule has 6 nitrogen and oxygen atoms in total. The molecule has 0 aliphatic carbocycles. The van der Waals surface area contributed by atoms with Crippen molar-refractivity contribution in [2.24, 2.45) is 0 Å². The second-order valence-electron chi connectivity index (χ2n) is 2.97. The number of pyridine rings is 1. The van der Waals surface area contributed by atoms with Gasteiger partial charge in [-0.05, 0) is 35.0 Å². The van der Waals surface area contributed by atoms with Crippen LogP contribution in [0, 0.1) is 0 Å². The van der Waals surface area contributed by atoms with E-state index >= 15 is 0 Å². The van der Waals surface area contributed by atoms with Crippen molar-refractivity contribution < 1.29 is 13.9 Å². The lowest BCUT2D eigenvalue weighted by molar-refractivity contribution is 0.0481. The first-order chi connectivity index (χ1) is 8.22. The number of hydrogen-bond acceptors (Lipinski definition) is 6. The van der Waals surface area contributed by atoms with E-state index in [0.29, 0.717) is 10.2 Å². The fraction of sp³-hybridized carbons (Fsp3) is 0.200. The molecule has 0 saturated carbocycles. The van der Waals surface area contributed by atoms with Gasteiger partial charge < -0.3 is 9.15 Å². The zero-order valence-corrected chi connectivity index (χ0v) is 10.5. The molecule has 0 aromatic carbocycles. The molecule has 2 rings (SSSR count). The Hall–Kier alpha value is -1.76. The van der Waals surface area contributed by atoms with Crippen LogP contribution in [0.2, 0.25) is 0 Å². The molecule has 2 aromatic heterocycles. The molecule has 0 N–H and O–H groups in total. The van der Waals surface area contributed by atoms with Gasteiger partial charge in [0.25, 0.3) is 5.89 Å². The van der Waals surface area contributed by atoms with Crippen molar-refractivity contribution in [3.05, 3.63) is 28.7 Å². The maximum Gasteiger partial charge on any atom is 0.396 e. The van der Waals surface area contributed by atoms with Crippen LogP contribution in [0.15, 0.2) is 27.2 Å². The largest absolute Gasteiger partial charge is 0.459 e. The van der Waals surface area contributed by atoms with Gasteiger partial charge in [-0.3, -0.25) is 0 Å². The fourth-order valence-corrected chi connectivity index (χ4v) is 1.56. The smallest absolute Gasteiger partial charge is 0.396 e. The number of carbonyl (C=O) groups excluding carboxylic acids is 1. The number of nitrogens with zero attached hydrogens (tertiary/aromatic N) is 3. The molecule has 0 fully saturated rings. The third-order valence-electron chi connectivity index (χ3n) is 1.84. The van der Waals surface area contributed by atoms with Crippen LogP contribution in [-0.4, -0.2) is 27.8 Å². The molecule has 0 spiro atoms. The summed E-state index contributed by atoms with van der Waals surface area (Å²) in [6.45, 7) is 1.95. The van der Waals surface area contributed by atoms with Crippen LogP contribution in [0.25, 0.3) is 11.6 Å². The lowest BCUT2D eigenvalue weighted by Crippen LogP contribution is -2.04. The number of esters is 1. The Morgan fingerprint density at radius 3 is 3.06 bits per heavy atom. The van der Waals surface area contributed by atoms with E-state index in [-0.39, 0.29) is 18.4 Å². The average molecular weight is 298 g/mol. The highest BCUT2D eigenvalue weighted by Crippen LogP contribution is 2.24. The summed E-state index contributed by atoms with van der Waals surface area (Å²) in [5.41, 5.74) is 0.482. The van der Waals surface area contributed by atoms with Crippen molar-refractivity contribution in [1.82, 2.24) is 15.2 Å². The predicted octanol–water partition coefficient (Wildman–Crippen LogP) is 2.07. The lowest BCUT2D eigenvalue weighted by Gasteiger charge is -1.96. The zero-order valence-electron chi connectivity index (χ0n) is 8.88. The van der Waals surface area contributed by atoms with E-state index in [0.717, 1.165) is 0 Å². The Labute approximate surface area is 105 Å². The molecule has 0 radical (unpaired) electrons. The number of halogens is 1. The van der Waals surface area contributed by atoms with Crippen LogP contribution in [0.4, 0.5) is 0 Å². The summed E-state index contributed by atoms with van der Waals surface area (Å²) in [6.07, 6.45) is 1.59. The van der Waals surface area contributed by atoms with E-state index in [1.54, 1.807) is 25.3 Å². The third kappa shape index (κ3) is 2.50. The van der Waals surface area contributed by atoms with Crippen LogP contribution in [0.5, 0.6) is 0 Å². The summed E-state index contributed by atoms with van der Waals surface area (Å²) in [7, 11) is 0. The maximum absolute atomic E-state index is 11.3. The molecular weight excluding hydrogens is 290 g/mol. The van der Waals surface area contributed by atoms with Crippen molar-refractivity contribution in [3.8, 4) is 11.6 Å². The lowest BCUT2D eigenvalue weighted by atomic mass is 10.3. The zero-order chi connectivity index (χ0) is 12.3. The van der Waals surface area contributed by atoms with E-state index in [4.69, 9.17) is 9.15 Å². The number of rotatable bonds is 3. The summed E-state index contributed by atoms with van der Waals surface area (Å²) in [5.74, 6) is -0.654. The van der Waals surface area contributed by atoms with Gasteiger partial charge in [0, 0.05) is 10.7 Å². The SMILES string of the molecule is CCOC(=O)c1nnc(-c2ncccc2Br)o1. The predicted molar refractivity (Wildman–Crippen MR) is 61.2 cm³/mol. The quantitative estimate of drug-likeness (QED) is 0.807. The number of carbonyl (C=O) groups is 1. The minimum Gasteiger partial charge on any atom is -0.459 e. The van der Waals surface area contributed by atoms with Gasteiger partial charge in [0.2, 0.25) is 0 Å². The van der Waals surface area contributed by atoms with Gasteiger partial charge in [0.05, 0.1) is 6.61 Å². The number of aromatic nitrogens is 3. The van der Waals surface area contributed by atoms with Crippen LogP contribution in [-0.2, 0) is 4.74 Å². The van der Waals surface area contributed by atoms with Crippen LogP contribution in [0.3, 0.4) is 0 Å². The summed E-state index contributed by atoms with van der Waals surface area (Å²) in [6, 6.07) is 3.55. The minimum absolute atomic E-state index is 0.167. The molecule has 0 atom stereocenters. The van der Waals surface area contributed by atoms with Gasteiger partial charge in [-0.15, -0.1) is 10.2 Å². The second-order valence-corrected chi connectivity index (χ2v) is 3.82. The Morgan fingerprint density at radius 2 is 2.35 bits per heavy atom. The van der Waals surface area contributed by atoms with Gasteiger partial charge in [-0.25, -0.2) is 9.78 Å². The Morgan fingerprint density at radius 1 is 1.53 bits per heavy atom. The highest BCUT2D eigenvalue weighted by molar-refractivity contribution is 9.10. The van der Waals surface area contributed by atoms with Gasteiger partial charge in [-0.1, -0.05) is 0 Å². The van der Waals surface area contributed by atoms with E-state index in [1.807, 2.05) is 0 Å². The van der Waals surface area contributed by atoms with Crippen LogP contribution < -0.4 is 0 Å². The number of ether oxygens (including phenoxy) is 1. The maximum atomic E-state index is 11.3. The van der Waals surface area contributed by atoms with E-state index in [1.165, 1.54) is 0 Å². The van der Waals surface area contributed by atoms with E-state index < -0.39 is 5.97 Å². The Balaban J connectivity index is 2.30. The van der Waals surface area contributed by atoms with Gasteiger partial charge in [0.15, 0.2) is 0 Å². The number of hydrogen-bond donors (Lipinski definition) is 0. The average Bonchev–Trinajstić information content (AvgIpc) is 2.79. The van der Waals surface area contributed by atoms with Crippen LogP contribution >= 0.6 is 15.9 Å². The summed E-state index contributed by atoms with van der Waals surface area (Å²) >= 11 is 3.30. The van der Waals surface area contributed by atoms with Crippen molar-refractivity contribution >= 4 is 21.9 Å². The summed E-state index contributed by atoms with van der Waals surface area (Å²) in [5, 5.41) is 7.34. The molecule has 0 unspecified atom stereocenters. The van der Waals surface area contributed by atoms with Gasteiger partial charge in [0.1, 0.15) is 5.69 Å². The molecule has 0 aliphatic rings. The van der Waals surface area contributed by atoms with Gasteiger partial charge in [-0.2, -0.15) is 0 Å². The highest BCUT2D eigenvalue weighted by Gasteiger charge is 2.18. The first-order valence-electron chi connectivity index (χ1n) is 4.84. The second kappa shape index (κ2) is 5.05. The minimum atomic E-state index is -0.640. The third-order valence-corrected chi connectivity index (χ3v) is 2.48. The Kier molecular flexibility index (Phi) is 3.48.